The second kappa shape index (κ2) is 5.28. The van der Waals surface area contributed by atoms with E-state index in [-0.39, 0.29) is 11.6 Å². The van der Waals surface area contributed by atoms with Gasteiger partial charge in [0.15, 0.2) is 0 Å². The summed E-state index contributed by atoms with van der Waals surface area (Å²) >= 11 is 0. The Hall–Kier alpha value is -2.23. The number of fused-ring (bicyclic) bond motifs is 1. The van der Waals surface area contributed by atoms with Gasteiger partial charge in [0, 0.05) is 17.4 Å². The number of hydrogen-bond donors (Lipinski definition) is 3. The summed E-state index contributed by atoms with van der Waals surface area (Å²) in [6.07, 6.45) is 3.02. The molecule has 1 aliphatic rings. The molecular formula is C17H20N2O2. The molecule has 1 atom stereocenters. The third kappa shape index (κ3) is 2.66. The molecule has 0 saturated heterocycles. The fourth-order valence-electron chi connectivity index (χ4n) is 2.99. The maximum atomic E-state index is 11.4. The number of aryl methyl sites for hydroxylation is 3. The summed E-state index contributed by atoms with van der Waals surface area (Å²) in [6, 6.07) is 7.48. The van der Waals surface area contributed by atoms with Crippen LogP contribution in [-0.2, 0) is 6.42 Å². The van der Waals surface area contributed by atoms with Crippen LogP contribution in [0.1, 0.15) is 41.3 Å². The molecule has 4 nitrogen and oxygen atoms in total. The predicted octanol–water partition coefficient (Wildman–Crippen LogP) is 3.19. The maximum Gasteiger partial charge on any atom is 0.248 e. The number of pyridine rings is 1. The van der Waals surface area contributed by atoms with E-state index < -0.39 is 0 Å². The van der Waals surface area contributed by atoms with Crippen molar-refractivity contribution in [1.82, 2.24) is 4.98 Å². The standard InChI is InChI=1S/C17H20N2O2/c1-10-9-16(20)11(2)8-15(10)18-13-4-3-5-14-12(13)6-7-17(21)19-14/h6-9,13,18,20H,3-5H2,1-2H3,(H,19,21). The topological polar surface area (TPSA) is 65.1 Å². The van der Waals surface area contributed by atoms with Crippen LogP contribution in [0.2, 0.25) is 0 Å². The average Bonchev–Trinajstić information content (AvgIpc) is 2.44. The molecule has 0 aliphatic heterocycles. The van der Waals surface area contributed by atoms with Crippen LogP contribution in [0.15, 0.2) is 29.1 Å². The highest BCUT2D eigenvalue weighted by molar-refractivity contribution is 5.58. The molecule has 1 aliphatic carbocycles. The number of hydrogen-bond acceptors (Lipinski definition) is 3. The van der Waals surface area contributed by atoms with E-state index in [0.717, 1.165) is 41.8 Å². The second-order valence-electron chi connectivity index (χ2n) is 5.80. The highest BCUT2D eigenvalue weighted by atomic mass is 16.3. The first-order valence-corrected chi connectivity index (χ1v) is 7.33. The zero-order chi connectivity index (χ0) is 15.0. The molecule has 4 heteroatoms. The molecule has 0 spiro atoms. The third-order valence-corrected chi connectivity index (χ3v) is 4.20. The van der Waals surface area contributed by atoms with Crippen molar-refractivity contribution in [2.24, 2.45) is 0 Å². The van der Waals surface area contributed by atoms with Gasteiger partial charge >= 0.3 is 0 Å². The Balaban J connectivity index is 1.94. The number of H-pyrrole nitrogens is 1. The molecule has 0 bridgehead atoms. The summed E-state index contributed by atoms with van der Waals surface area (Å²) in [5.74, 6) is 0.325. The lowest BCUT2D eigenvalue weighted by atomic mass is 9.91. The van der Waals surface area contributed by atoms with Crippen molar-refractivity contribution in [1.29, 1.82) is 0 Å². The minimum absolute atomic E-state index is 0.0361. The summed E-state index contributed by atoms with van der Waals surface area (Å²) in [5, 5.41) is 13.3. The Labute approximate surface area is 123 Å². The first-order chi connectivity index (χ1) is 10.0. The number of anilines is 1. The van der Waals surface area contributed by atoms with Crippen molar-refractivity contribution in [3.63, 3.8) is 0 Å². The number of benzene rings is 1. The minimum Gasteiger partial charge on any atom is -0.508 e. The van der Waals surface area contributed by atoms with E-state index in [1.165, 1.54) is 5.56 Å². The molecule has 0 fully saturated rings. The largest absolute Gasteiger partial charge is 0.508 e. The van der Waals surface area contributed by atoms with Crippen LogP contribution in [0.25, 0.3) is 0 Å². The summed E-state index contributed by atoms with van der Waals surface area (Å²) in [7, 11) is 0. The summed E-state index contributed by atoms with van der Waals surface area (Å²) in [4.78, 5) is 14.4. The molecule has 21 heavy (non-hydrogen) atoms. The number of aromatic hydroxyl groups is 1. The van der Waals surface area contributed by atoms with E-state index in [9.17, 15) is 9.90 Å². The number of rotatable bonds is 2. The number of aromatic amines is 1. The lowest BCUT2D eigenvalue weighted by Gasteiger charge is -2.27. The fraction of sp³-hybridized carbons (Fsp3) is 0.353. The quantitative estimate of drug-likeness (QED) is 0.742. The van der Waals surface area contributed by atoms with Gasteiger partial charge in [0.05, 0.1) is 6.04 Å². The van der Waals surface area contributed by atoms with Gasteiger partial charge in [-0.3, -0.25) is 4.79 Å². The zero-order valence-corrected chi connectivity index (χ0v) is 12.4. The normalized spacial score (nSPS) is 17.3. The van der Waals surface area contributed by atoms with Gasteiger partial charge in [-0.1, -0.05) is 0 Å². The van der Waals surface area contributed by atoms with Gasteiger partial charge in [0.2, 0.25) is 5.56 Å². The minimum atomic E-state index is -0.0361. The third-order valence-electron chi connectivity index (χ3n) is 4.20. The van der Waals surface area contributed by atoms with Gasteiger partial charge in [0.25, 0.3) is 0 Å². The highest BCUT2D eigenvalue weighted by Gasteiger charge is 2.21. The Bertz CT molecular complexity index is 734. The smallest absolute Gasteiger partial charge is 0.248 e. The molecule has 1 aromatic heterocycles. The number of aromatic nitrogens is 1. The van der Waals surface area contributed by atoms with Gasteiger partial charge in [-0.2, -0.15) is 0 Å². The zero-order valence-electron chi connectivity index (χ0n) is 12.4. The lowest BCUT2D eigenvalue weighted by molar-refractivity contribution is 0.470. The molecule has 1 unspecified atom stereocenters. The SMILES string of the molecule is Cc1cc(NC2CCCc3[nH]c(=O)ccc32)c(C)cc1O. The number of nitrogens with one attached hydrogen (secondary N) is 2. The Morgan fingerprint density at radius 3 is 2.86 bits per heavy atom. The van der Waals surface area contributed by atoms with E-state index in [1.807, 2.05) is 26.0 Å². The fourth-order valence-corrected chi connectivity index (χ4v) is 2.99. The first-order valence-electron chi connectivity index (χ1n) is 7.33. The van der Waals surface area contributed by atoms with Crippen molar-refractivity contribution in [2.45, 2.75) is 39.2 Å². The average molecular weight is 284 g/mol. The first kappa shape index (κ1) is 13.7. The van der Waals surface area contributed by atoms with Crippen LogP contribution in [0.3, 0.4) is 0 Å². The van der Waals surface area contributed by atoms with Crippen molar-refractivity contribution in [3.05, 3.63) is 57.0 Å². The van der Waals surface area contributed by atoms with E-state index in [0.29, 0.717) is 5.75 Å². The number of phenolic OH excluding ortho intramolecular Hbond substituents is 1. The van der Waals surface area contributed by atoms with E-state index in [2.05, 4.69) is 10.3 Å². The van der Waals surface area contributed by atoms with Crippen LogP contribution >= 0.6 is 0 Å². The van der Waals surface area contributed by atoms with Crippen LogP contribution in [0.5, 0.6) is 5.75 Å². The monoisotopic (exact) mass is 284 g/mol. The van der Waals surface area contributed by atoms with Gasteiger partial charge < -0.3 is 15.4 Å². The summed E-state index contributed by atoms with van der Waals surface area (Å²) in [6.45, 7) is 3.88. The van der Waals surface area contributed by atoms with Crippen LogP contribution in [-0.4, -0.2) is 10.1 Å². The van der Waals surface area contributed by atoms with Gasteiger partial charge in [-0.15, -0.1) is 0 Å². The van der Waals surface area contributed by atoms with E-state index >= 15 is 0 Å². The van der Waals surface area contributed by atoms with Crippen LogP contribution < -0.4 is 10.9 Å². The molecule has 1 heterocycles. The number of phenols is 1. The summed E-state index contributed by atoms with van der Waals surface area (Å²) < 4.78 is 0. The Morgan fingerprint density at radius 1 is 1.24 bits per heavy atom. The van der Waals surface area contributed by atoms with Gasteiger partial charge in [-0.05, 0) is 68.0 Å². The van der Waals surface area contributed by atoms with Crippen LogP contribution in [0, 0.1) is 13.8 Å². The maximum absolute atomic E-state index is 11.4. The van der Waals surface area contributed by atoms with E-state index in [1.54, 1.807) is 12.1 Å². The molecule has 3 N–H and O–H groups in total. The molecule has 2 aromatic rings. The predicted molar refractivity (Wildman–Crippen MR) is 83.9 cm³/mol. The van der Waals surface area contributed by atoms with Crippen molar-refractivity contribution < 1.29 is 5.11 Å². The van der Waals surface area contributed by atoms with Gasteiger partial charge in [-0.25, -0.2) is 0 Å². The van der Waals surface area contributed by atoms with Gasteiger partial charge in [0.1, 0.15) is 5.75 Å². The van der Waals surface area contributed by atoms with Crippen LogP contribution in [0.4, 0.5) is 5.69 Å². The molecule has 110 valence electrons. The molecule has 1 aromatic carbocycles. The van der Waals surface area contributed by atoms with Crippen molar-refractivity contribution in [3.8, 4) is 5.75 Å². The molecule has 3 rings (SSSR count). The van der Waals surface area contributed by atoms with Crippen molar-refractivity contribution in [2.75, 3.05) is 5.32 Å². The van der Waals surface area contributed by atoms with E-state index in [4.69, 9.17) is 0 Å². The van der Waals surface area contributed by atoms with Crippen molar-refractivity contribution >= 4 is 5.69 Å². The highest BCUT2D eigenvalue weighted by Crippen LogP contribution is 2.33. The summed E-state index contributed by atoms with van der Waals surface area (Å²) in [5.41, 5.74) is 5.10. The molecular weight excluding hydrogens is 264 g/mol. The lowest BCUT2D eigenvalue weighted by Crippen LogP contribution is -2.21. The Kier molecular flexibility index (Phi) is 3.45. The Morgan fingerprint density at radius 2 is 2.05 bits per heavy atom. The molecule has 0 radical (unpaired) electrons. The molecule has 0 amide bonds. The molecule has 0 saturated carbocycles. The second-order valence-corrected chi connectivity index (χ2v) is 5.80.